The number of benzene rings is 2. The smallest absolute Gasteiger partial charge is 0.349 e. The molecule has 7 aromatic rings. The summed E-state index contributed by atoms with van der Waals surface area (Å²) >= 11 is -0.750. The first kappa shape index (κ1) is 78.9. The highest BCUT2D eigenvalue weighted by Crippen LogP contribution is 2.17. The van der Waals surface area contributed by atoms with E-state index in [9.17, 15) is 24.0 Å². The molecule has 0 saturated heterocycles. The third-order valence-electron chi connectivity index (χ3n) is 10.2. The van der Waals surface area contributed by atoms with Crippen LogP contribution >= 0.6 is 0 Å². The highest BCUT2D eigenvalue weighted by Gasteiger charge is 2.13. The first-order chi connectivity index (χ1) is 39.5. The number of esters is 1. The number of anilines is 2. The highest BCUT2D eigenvalue weighted by molar-refractivity contribution is 7.51. The lowest BCUT2D eigenvalue weighted by atomic mass is 9.95. The molecule has 8 rings (SSSR count). The third kappa shape index (κ3) is 45.0. The molecule has 1 saturated carbocycles. The Morgan fingerprint density at radius 2 is 1.34 bits per heavy atom. The molecule has 5 aromatic heterocycles. The zero-order chi connectivity index (χ0) is 63.5. The second-order valence-corrected chi connectivity index (χ2v) is 17.9. The fraction of sp³-hybridized carbons (Fsp3) is 0.483. The predicted octanol–water partition coefficient (Wildman–Crippen LogP) is 8.82. The molecule has 5 heterocycles. The van der Waals surface area contributed by atoms with Crippen molar-refractivity contribution in [3.05, 3.63) is 148 Å². The molecule has 1 aliphatic carbocycles. The molecule has 1 aliphatic rings. The topological polar surface area (TPSA) is 308 Å². The van der Waals surface area contributed by atoms with Crippen molar-refractivity contribution in [2.45, 2.75) is 134 Å². The number of carbonyl (C=O) groups excluding carboxylic acids is 4. The Labute approximate surface area is 493 Å². The number of Topliss-reactive ketones (excluding diaryl/α,β-unsaturated/α-hetero) is 1. The number of nitrogens with one attached hydrogen (secondary N) is 4. The van der Waals surface area contributed by atoms with Crippen LogP contribution in [0.1, 0.15) is 132 Å². The van der Waals surface area contributed by atoms with E-state index in [4.69, 9.17) is 17.6 Å². The average Bonchev–Trinajstić information content (AvgIpc) is 4.34. The molecule has 0 bridgehead atoms. The summed E-state index contributed by atoms with van der Waals surface area (Å²) < 4.78 is 35.7. The van der Waals surface area contributed by atoms with Gasteiger partial charge in [0.25, 0.3) is 5.91 Å². The molecule has 0 aliphatic heterocycles. The van der Waals surface area contributed by atoms with E-state index in [0.717, 1.165) is 35.0 Å². The van der Waals surface area contributed by atoms with Gasteiger partial charge >= 0.3 is 23.2 Å². The van der Waals surface area contributed by atoms with Crippen molar-refractivity contribution >= 4 is 46.6 Å². The van der Waals surface area contributed by atoms with E-state index in [1.807, 2.05) is 100 Å². The van der Waals surface area contributed by atoms with E-state index in [1.54, 1.807) is 87.0 Å². The summed E-state index contributed by atoms with van der Waals surface area (Å²) in [6, 6.07) is 23.1. The van der Waals surface area contributed by atoms with Gasteiger partial charge in [-0.05, 0) is 104 Å². The van der Waals surface area contributed by atoms with Crippen LogP contribution in [0.15, 0.2) is 107 Å². The standard InChI is InChI=1S/C12H11N3O2.C8H15NO.C8H11N.C7H10O.C6H12O3.2C4H7N3.C4H8O.C3H5N3.C2H6.O2S/c1-15-8-7-10(14-12(15)17)13-11(16)9-5-3-2-4-6-9;1-7(10)9-8-5-3-2-4-6-8;1-7-3-5-8(9-2)6-4-7;1-3-7-5-4-6(2)8-7;1-5(4-8-2)6(7)9-3;2*1-4-3-7(2)6-5-4;1-3-4(2)5;1-3-2-4-6-5-3;1-2;1-3-2/h2-8H,1H3,(H,13,14,16,17);8H,2-6H2,1H3,(H,9,10);3-6,9H,1-2H3;4-5H,3H2,1-2H3;5H,4H2,1-3H3;2*3H,1-2H3;3H2,1-2H3;2H,1H3,(H,4,5,6);1-2H3;. The molecule has 1 unspecified atom stereocenters. The molecule has 1 fully saturated rings. The van der Waals surface area contributed by atoms with Gasteiger partial charge in [-0.15, -0.1) is 10.2 Å². The molecule has 460 valence electrons. The van der Waals surface area contributed by atoms with Gasteiger partial charge in [0, 0.05) is 90.9 Å². The van der Waals surface area contributed by atoms with Crippen LogP contribution < -0.4 is 21.6 Å². The van der Waals surface area contributed by atoms with Gasteiger partial charge in [-0.1, -0.05) is 93.3 Å². The number of amides is 2. The van der Waals surface area contributed by atoms with Gasteiger partial charge in [0.05, 0.1) is 42.9 Å². The number of aromatic nitrogens is 11. The van der Waals surface area contributed by atoms with Crippen LogP contribution in [0.2, 0.25) is 0 Å². The second-order valence-electron chi connectivity index (χ2n) is 17.7. The zero-order valence-corrected chi connectivity index (χ0v) is 52.8. The van der Waals surface area contributed by atoms with E-state index in [2.05, 4.69) is 99.8 Å². The fourth-order valence-corrected chi connectivity index (χ4v) is 5.95. The van der Waals surface area contributed by atoms with Crippen LogP contribution in [0, 0.1) is 40.5 Å². The molecule has 0 radical (unpaired) electrons. The Morgan fingerprint density at radius 3 is 1.66 bits per heavy atom. The summed E-state index contributed by atoms with van der Waals surface area (Å²) in [6.45, 7) is 23.0. The summed E-state index contributed by atoms with van der Waals surface area (Å²) in [5.74, 6) is 2.03. The van der Waals surface area contributed by atoms with Crippen molar-refractivity contribution in [1.82, 2.24) is 60.3 Å². The Balaban J connectivity index is -0.000000877. The number of ether oxygens (including phenoxy) is 2. The number of methoxy groups -OCH3 is 2. The molecule has 0 spiro atoms. The average molecular weight is 1180 g/mol. The van der Waals surface area contributed by atoms with Crippen molar-refractivity contribution in [3.8, 4) is 0 Å². The Hall–Kier alpha value is -8.32. The molecule has 2 aromatic carbocycles. The van der Waals surface area contributed by atoms with Crippen LogP contribution in [-0.2, 0) is 63.0 Å². The van der Waals surface area contributed by atoms with Gasteiger partial charge in [0.2, 0.25) is 5.91 Å². The largest absolute Gasteiger partial charge is 0.469 e. The number of hydrogen-bond donors (Lipinski definition) is 4. The van der Waals surface area contributed by atoms with Gasteiger partial charge < -0.3 is 39.2 Å². The molecule has 4 N–H and O–H groups in total. The SMILES string of the molecule is CC.CC(=O)NC1CCCCC1.CCC(C)=O.CCc1ccc(C)o1.CNc1ccc(C)cc1.COCC(C)C(=O)OC.Cc1cn(C)nn1.Cc1cn(C)nn1.Cc1cn[nH]n1.Cn1ccc(NC(=O)c2ccccc2)nc1=O.O=S=O. The maximum atomic E-state index is 11.8. The molecule has 24 nitrogen and oxygen atoms in total. The lowest BCUT2D eigenvalue weighted by molar-refractivity contribution is -0.146. The van der Waals surface area contributed by atoms with Gasteiger partial charge in [0.1, 0.15) is 23.1 Å². The van der Waals surface area contributed by atoms with Crippen molar-refractivity contribution in [2.24, 2.45) is 27.1 Å². The van der Waals surface area contributed by atoms with Gasteiger partial charge in [0.15, 0.2) is 0 Å². The minimum atomic E-state index is -0.750. The minimum Gasteiger partial charge on any atom is -0.469 e. The quantitative estimate of drug-likeness (QED) is 0.0981. The van der Waals surface area contributed by atoms with Gasteiger partial charge in [-0.25, -0.2) is 4.79 Å². The monoisotopic (exact) mass is 1180 g/mol. The molecule has 2 amide bonds. The molecular weight excluding hydrogens is 1080 g/mol. The Kier molecular flexibility index (Phi) is 48.1. The Morgan fingerprint density at radius 1 is 0.795 bits per heavy atom. The summed E-state index contributed by atoms with van der Waals surface area (Å²) in [4.78, 5) is 57.7. The normalized spacial score (nSPS) is 10.7. The van der Waals surface area contributed by atoms with E-state index < -0.39 is 17.3 Å². The van der Waals surface area contributed by atoms with Crippen LogP contribution in [0.5, 0.6) is 0 Å². The van der Waals surface area contributed by atoms with Gasteiger partial charge in [-0.2, -0.15) is 28.8 Å². The first-order valence-electron chi connectivity index (χ1n) is 26.9. The number of H-pyrrole nitrogens is 1. The van der Waals surface area contributed by atoms with E-state index in [-0.39, 0.29) is 35.3 Å². The summed E-state index contributed by atoms with van der Waals surface area (Å²) in [6.07, 6.45) is 14.9. The predicted molar refractivity (Wildman–Crippen MR) is 325 cm³/mol. The number of rotatable bonds is 9. The number of aryl methyl sites for hydroxylation is 9. The van der Waals surface area contributed by atoms with E-state index in [0.29, 0.717) is 24.6 Å². The van der Waals surface area contributed by atoms with Gasteiger partial charge in [-0.3, -0.25) is 23.7 Å². The van der Waals surface area contributed by atoms with Crippen molar-refractivity contribution in [3.63, 3.8) is 0 Å². The number of furan rings is 1. The first-order valence-corrected chi connectivity index (χ1v) is 27.6. The van der Waals surface area contributed by atoms with E-state index >= 15 is 0 Å². The summed E-state index contributed by atoms with van der Waals surface area (Å²) in [5.41, 5.74) is 5.43. The number of ketones is 1. The molecular formula is C58H92N14O10S. The number of nitrogens with zero attached hydrogens (tertiary/aromatic N) is 10. The van der Waals surface area contributed by atoms with Crippen molar-refractivity contribution in [2.75, 3.05) is 38.5 Å². The van der Waals surface area contributed by atoms with Crippen molar-refractivity contribution < 1.29 is 41.5 Å². The summed E-state index contributed by atoms with van der Waals surface area (Å²) in [7, 11) is 10.1. The molecule has 1 atom stereocenters. The Bertz CT molecular complexity index is 2750. The third-order valence-corrected chi connectivity index (χ3v) is 10.2. The molecule has 83 heavy (non-hydrogen) atoms. The lowest BCUT2D eigenvalue weighted by Gasteiger charge is -2.21. The van der Waals surface area contributed by atoms with E-state index in [1.165, 1.54) is 55.0 Å². The highest BCUT2D eigenvalue weighted by atomic mass is 32.1. The van der Waals surface area contributed by atoms with Crippen molar-refractivity contribution in [1.29, 1.82) is 0 Å². The van der Waals surface area contributed by atoms with Crippen LogP contribution in [-0.4, -0.2) is 121 Å². The maximum absolute atomic E-state index is 11.8. The number of hydrogen-bond acceptors (Lipinski definition) is 18. The molecule has 25 heteroatoms. The zero-order valence-electron chi connectivity index (χ0n) is 52.0. The number of carbonyl (C=O) groups is 4. The maximum Gasteiger partial charge on any atom is 0.349 e. The van der Waals surface area contributed by atoms with Crippen LogP contribution in [0.3, 0.4) is 0 Å². The fourth-order valence-electron chi connectivity index (χ4n) is 5.95. The minimum absolute atomic E-state index is 0.118. The second kappa shape index (κ2) is 50.6. The number of aromatic amines is 1. The lowest BCUT2D eigenvalue weighted by Crippen LogP contribution is -2.34. The summed E-state index contributed by atoms with van der Waals surface area (Å²) in [5, 5.41) is 33.1. The van der Waals surface area contributed by atoms with Crippen LogP contribution in [0.25, 0.3) is 0 Å². The van der Waals surface area contributed by atoms with Crippen LogP contribution in [0.4, 0.5) is 11.5 Å².